The van der Waals surface area contributed by atoms with Crippen molar-refractivity contribution in [2.45, 2.75) is 131 Å². The zero-order valence-corrected chi connectivity index (χ0v) is 40.6. The van der Waals surface area contributed by atoms with Crippen molar-refractivity contribution in [1.82, 2.24) is 15.0 Å². The fraction of sp³-hybridized carbons (Fsp3) is 0.458. The van der Waals surface area contributed by atoms with Gasteiger partial charge in [0.1, 0.15) is 5.76 Å². The minimum absolute atomic E-state index is 0. The fourth-order valence-electron chi connectivity index (χ4n) is 6.98. The first-order valence-corrected chi connectivity index (χ1v) is 27.6. The molecule has 3 heterocycles. The van der Waals surface area contributed by atoms with Crippen LogP contribution in [0.25, 0.3) is 55.0 Å². The maximum atomic E-state index is 12.2. The summed E-state index contributed by atoms with van der Waals surface area (Å²) in [5.41, 5.74) is 5.87. The number of aryl methyl sites for hydroxylation is 1. The molecule has 0 aliphatic heterocycles. The predicted molar refractivity (Wildman–Crippen MR) is 235 cm³/mol. The van der Waals surface area contributed by atoms with Gasteiger partial charge in [0.15, 0.2) is 5.78 Å². The van der Waals surface area contributed by atoms with Gasteiger partial charge in [-0.15, -0.1) is 0 Å². The van der Waals surface area contributed by atoms with Crippen LogP contribution in [-0.4, -0.2) is 39.1 Å². The molecule has 1 N–H and O–H groups in total. The van der Waals surface area contributed by atoms with Gasteiger partial charge >= 0.3 is 196 Å². The third-order valence-corrected chi connectivity index (χ3v) is 16.4. The Morgan fingerprint density at radius 1 is 0.839 bits per heavy atom. The van der Waals surface area contributed by atoms with E-state index in [1.165, 1.54) is 26.8 Å². The van der Waals surface area contributed by atoms with Gasteiger partial charge in [0.25, 0.3) is 0 Å². The number of ketones is 1. The molecule has 0 bridgehead atoms. The Balaban J connectivity index is 0.000000330. The molecule has 0 spiro atoms. The van der Waals surface area contributed by atoms with E-state index >= 15 is 0 Å². The molecule has 301 valence electrons. The number of hydrogen-bond acceptors (Lipinski definition) is 6. The largest absolute Gasteiger partial charge is 0 e. The second-order valence-electron chi connectivity index (χ2n) is 17.6. The summed E-state index contributed by atoms with van der Waals surface area (Å²) in [5, 5.41) is 15.7. The minimum Gasteiger partial charge on any atom is 0 e. The van der Waals surface area contributed by atoms with Crippen molar-refractivity contribution in [1.29, 1.82) is 0 Å². The number of hydrogen-bond donors (Lipinski definition) is 1. The van der Waals surface area contributed by atoms with E-state index in [1.54, 1.807) is 0 Å². The monoisotopic (exact) mass is 995 g/mol. The van der Waals surface area contributed by atoms with Crippen LogP contribution in [0.1, 0.15) is 124 Å². The number of benzene rings is 3. The summed E-state index contributed by atoms with van der Waals surface area (Å²) in [7, 11) is 0. The van der Waals surface area contributed by atoms with Crippen molar-refractivity contribution in [3.63, 3.8) is 0 Å². The smallest absolute Gasteiger partial charge is 0 e. The molecular weight excluding hydrogens is 931 g/mol. The number of carbonyl (C=O) groups is 1. The van der Waals surface area contributed by atoms with Gasteiger partial charge in [-0.1, -0.05) is 55.4 Å². The summed E-state index contributed by atoms with van der Waals surface area (Å²) >= 11 is -1.99. The molecule has 6 aromatic rings. The summed E-state index contributed by atoms with van der Waals surface area (Å²) in [5.74, 6) is 8.97. The molecule has 56 heavy (non-hydrogen) atoms. The number of nitrogens with zero attached hydrogens (tertiary/aromatic N) is 3. The number of rotatable bonds is 11. The van der Waals surface area contributed by atoms with Gasteiger partial charge in [0.05, 0.1) is 0 Å². The molecule has 6 rings (SSSR count). The van der Waals surface area contributed by atoms with Crippen molar-refractivity contribution in [2.24, 2.45) is 10.8 Å². The van der Waals surface area contributed by atoms with Gasteiger partial charge in [-0.25, -0.2) is 0 Å². The van der Waals surface area contributed by atoms with E-state index in [4.69, 9.17) is 19.4 Å². The zero-order valence-electron chi connectivity index (χ0n) is 36.1. The molecule has 3 aromatic carbocycles. The molecular formula is C48H62GeIrN3O3-. The summed E-state index contributed by atoms with van der Waals surface area (Å²) in [4.78, 5) is 27.3. The molecule has 0 aliphatic carbocycles. The van der Waals surface area contributed by atoms with Crippen molar-refractivity contribution in [3.05, 3.63) is 83.5 Å². The number of aliphatic hydroxyl groups is 1. The quantitative estimate of drug-likeness (QED) is 0.0457. The Hall–Kier alpha value is -3.39. The normalized spacial score (nSPS) is 12.8. The van der Waals surface area contributed by atoms with Gasteiger partial charge in [-0.3, -0.25) is 4.79 Å². The first kappa shape index (κ1) is 45.3. The van der Waals surface area contributed by atoms with Crippen molar-refractivity contribution >= 4 is 67.2 Å². The van der Waals surface area contributed by atoms with Gasteiger partial charge in [0, 0.05) is 42.7 Å². The van der Waals surface area contributed by atoms with Crippen LogP contribution in [0.2, 0.25) is 17.3 Å². The van der Waals surface area contributed by atoms with E-state index < -0.39 is 13.3 Å². The van der Waals surface area contributed by atoms with Gasteiger partial charge in [0.2, 0.25) is 0 Å². The zero-order chi connectivity index (χ0) is 40.6. The van der Waals surface area contributed by atoms with Crippen molar-refractivity contribution in [3.8, 4) is 11.3 Å². The summed E-state index contributed by atoms with van der Waals surface area (Å²) in [6.07, 6.45) is 4.75. The molecule has 0 aliphatic rings. The Labute approximate surface area is 351 Å². The number of aliphatic hydroxyl groups excluding tert-OH is 1. The molecule has 0 fully saturated rings. The number of allylic oxidation sites excluding steroid dienone is 2. The third-order valence-electron chi connectivity index (χ3n) is 12.1. The van der Waals surface area contributed by atoms with Crippen LogP contribution in [0.15, 0.2) is 64.8 Å². The number of pyridine rings is 1. The topological polar surface area (TPSA) is 89.1 Å². The van der Waals surface area contributed by atoms with Crippen LogP contribution >= 0.6 is 0 Å². The maximum absolute atomic E-state index is 12.2. The average molecular weight is 994 g/mol. The Bertz CT molecular complexity index is 2400. The van der Waals surface area contributed by atoms with E-state index in [9.17, 15) is 9.90 Å². The molecule has 1 radical (unpaired) electrons. The SMILES string of the molecule is CCC(C)(CC)C(=O)/C=C(\O)C(C)(CC)CC.Cc1c[c]([Ge]([CH3])([CH3])[CH3])cc2ccc3c(-c4[c-]ccc5c4oc4nc(C(C)C)ccc45)nc(C(C)C)nc3c12.[Ir]. The molecule has 0 unspecified atom stereocenters. The van der Waals surface area contributed by atoms with Crippen LogP contribution in [-0.2, 0) is 24.9 Å². The van der Waals surface area contributed by atoms with Gasteiger partial charge in [-0.05, 0) is 37.7 Å². The average Bonchev–Trinajstić information content (AvgIpc) is 3.54. The van der Waals surface area contributed by atoms with Crippen molar-refractivity contribution in [2.75, 3.05) is 0 Å². The summed E-state index contributed by atoms with van der Waals surface area (Å²) < 4.78 is 7.96. The molecule has 3 aromatic heterocycles. The number of furan rings is 1. The van der Waals surface area contributed by atoms with Crippen LogP contribution in [0.5, 0.6) is 0 Å². The van der Waals surface area contributed by atoms with E-state index in [1.807, 2.05) is 47.6 Å². The predicted octanol–water partition coefficient (Wildman–Crippen LogP) is 13.3. The summed E-state index contributed by atoms with van der Waals surface area (Å²) in [6.45, 7) is 22.9. The Kier molecular flexibility index (Phi) is 14.3. The number of fused-ring (bicyclic) bond motifs is 6. The molecule has 0 atom stereocenters. The first-order chi connectivity index (χ1) is 25.8. The Morgan fingerprint density at radius 3 is 2.04 bits per heavy atom. The van der Waals surface area contributed by atoms with Gasteiger partial charge in [-0.2, -0.15) is 0 Å². The Morgan fingerprint density at radius 2 is 1.46 bits per heavy atom. The van der Waals surface area contributed by atoms with E-state index in [2.05, 4.69) is 100 Å². The maximum Gasteiger partial charge on any atom is 0 e. The third kappa shape index (κ3) is 8.85. The molecule has 0 saturated heterocycles. The van der Waals surface area contributed by atoms with E-state index in [0.29, 0.717) is 11.6 Å². The summed E-state index contributed by atoms with van der Waals surface area (Å²) in [6, 6.07) is 20.9. The molecule has 8 heteroatoms. The standard InChI is InChI=1S/C33H34GeN3O.C15H28O2.Ir/c1-18(2)27-15-14-24-23-10-9-11-26(31(23)38-33(24)35-27)29-25-13-12-21-17-22(34(6,7)8)16-20(5)28(21)30(25)37-32(36-29)19(3)4;1-7-14(5,8-2)12(16)11-13(17)15(6,9-3)10-4;/h9-10,12-19H,1-8H3;11,16H,7-10H2,1-6H3;/q-1;;/b;12-11-;. The van der Waals surface area contributed by atoms with Crippen LogP contribution in [0.3, 0.4) is 0 Å². The molecule has 0 saturated carbocycles. The van der Waals surface area contributed by atoms with Gasteiger partial charge < -0.3 is 5.11 Å². The van der Waals surface area contributed by atoms with Crippen molar-refractivity contribution < 1.29 is 34.4 Å². The van der Waals surface area contributed by atoms with E-state index in [-0.39, 0.29) is 48.4 Å². The van der Waals surface area contributed by atoms with Crippen LogP contribution < -0.4 is 4.40 Å². The number of aromatic nitrogens is 3. The molecule has 6 nitrogen and oxygen atoms in total. The van der Waals surface area contributed by atoms with Crippen LogP contribution in [0, 0.1) is 23.8 Å². The van der Waals surface area contributed by atoms with E-state index in [0.717, 1.165) is 75.7 Å². The minimum atomic E-state index is -1.99. The first-order valence-electron chi connectivity index (χ1n) is 20.3. The second kappa shape index (κ2) is 17.6. The fourth-order valence-corrected chi connectivity index (χ4v) is 9.57. The molecule has 0 amide bonds. The van der Waals surface area contributed by atoms with Crippen LogP contribution in [0.4, 0.5) is 0 Å². The number of carbonyl (C=O) groups excluding carboxylic acids is 1. The second-order valence-corrected chi connectivity index (χ2v) is 28.2.